The minimum Gasteiger partial charge on any atom is -0.462 e. The fraction of sp³-hybridized carbons (Fsp3) is 0.720. The summed E-state index contributed by atoms with van der Waals surface area (Å²) >= 11 is 6.17. The van der Waals surface area contributed by atoms with Gasteiger partial charge in [0, 0.05) is 49.4 Å². The van der Waals surface area contributed by atoms with E-state index in [1.165, 1.54) is 24.9 Å². The van der Waals surface area contributed by atoms with Crippen molar-refractivity contribution in [2.24, 2.45) is 23.2 Å². The minimum atomic E-state index is 0.0185. The number of hydrogen-bond acceptors (Lipinski definition) is 5. The molecule has 5 aliphatic rings. The Morgan fingerprint density at radius 2 is 2.00 bits per heavy atom. The van der Waals surface area contributed by atoms with Crippen LogP contribution in [0.3, 0.4) is 0 Å². The van der Waals surface area contributed by atoms with E-state index < -0.39 is 0 Å². The Hall–Kier alpha value is -1.30. The summed E-state index contributed by atoms with van der Waals surface area (Å²) in [6, 6.07) is 8.09. The second-order valence-corrected chi connectivity index (χ2v) is 11.3. The average molecular weight is 445 g/mol. The molecule has 1 aromatic rings. The van der Waals surface area contributed by atoms with Crippen LogP contribution in [0.4, 0.5) is 5.69 Å². The topological polar surface area (TPSA) is 45.3 Å². The lowest BCUT2D eigenvalue weighted by Gasteiger charge is -2.51. The monoisotopic (exact) mass is 444 g/mol. The highest BCUT2D eigenvalue weighted by molar-refractivity contribution is 6.30. The molecule has 3 aliphatic heterocycles. The Labute approximate surface area is 190 Å². The number of epoxide rings is 1. The Morgan fingerprint density at radius 1 is 1.19 bits per heavy atom. The van der Waals surface area contributed by atoms with Crippen molar-refractivity contribution in [3.63, 3.8) is 0 Å². The molecular formula is C25H33ClN2O3. The van der Waals surface area contributed by atoms with E-state index in [9.17, 15) is 4.79 Å². The van der Waals surface area contributed by atoms with Gasteiger partial charge in [-0.2, -0.15) is 0 Å². The Kier molecular flexibility index (Phi) is 4.82. The van der Waals surface area contributed by atoms with E-state index in [1.54, 1.807) is 0 Å². The van der Waals surface area contributed by atoms with E-state index >= 15 is 0 Å². The van der Waals surface area contributed by atoms with Gasteiger partial charge in [-0.25, -0.2) is 0 Å². The molecule has 168 valence electrons. The molecule has 3 heterocycles. The van der Waals surface area contributed by atoms with E-state index in [2.05, 4.69) is 22.8 Å². The maximum Gasteiger partial charge on any atom is 0.310 e. The number of fused-ring (bicyclic) bond motifs is 3. The number of rotatable bonds is 3. The summed E-state index contributed by atoms with van der Waals surface area (Å²) in [4.78, 5) is 17.8. The molecule has 0 aromatic heterocycles. The first-order chi connectivity index (χ1) is 15.0. The molecular weight excluding hydrogens is 412 g/mol. The van der Waals surface area contributed by atoms with Gasteiger partial charge in [0.25, 0.3) is 0 Å². The van der Waals surface area contributed by atoms with Crippen LogP contribution in [0.2, 0.25) is 5.02 Å². The SMILES string of the molecule is C[C@]12CCC[C@]3(CO3)[C@@H]1C[C@@H]1[C@@H](C2)OC(=O)[C@@H]1CN1CCN(c2cccc(Cl)c2)CC1. The van der Waals surface area contributed by atoms with Gasteiger partial charge in [0.15, 0.2) is 0 Å². The van der Waals surface area contributed by atoms with E-state index in [1.807, 2.05) is 18.2 Å². The molecule has 0 amide bonds. The van der Waals surface area contributed by atoms with Gasteiger partial charge in [0.05, 0.1) is 18.1 Å². The van der Waals surface area contributed by atoms with E-state index in [4.69, 9.17) is 21.1 Å². The second kappa shape index (κ2) is 7.36. The zero-order valence-electron chi connectivity index (χ0n) is 18.4. The lowest BCUT2D eigenvalue weighted by Crippen LogP contribution is -2.52. The minimum absolute atomic E-state index is 0.0185. The predicted octanol–water partition coefficient (Wildman–Crippen LogP) is 3.99. The van der Waals surface area contributed by atoms with Crippen molar-refractivity contribution in [2.75, 3.05) is 44.2 Å². The predicted molar refractivity (Wildman–Crippen MR) is 120 cm³/mol. The molecule has 1 spiro atoms. The highest BCUT2D eigenvalue weighted by Crippen LogP contribution is 2.62. The number of nitrogens with zero attached hydrogens (tertiary/aromatic N) is 2. The number of halogens is 1. The van der Waals surface area contributed by atoms with Crippen molar-refractivity contribution >= 4 is 23.3 Å². The van der Waals surface area contributed by atoms with Crippen molar-refractivity contribution in [3.8, 4) is 0 Å². The fourth-order valence-electron chi connectivity index (χ4n) is 7.31. The molecule has 2 saturated carbocycles. The van der Waals surface area contributed by atoms with Gasteiger partial charge in [-0.1, -0.05) is 24.6 Å². The standard InChI is InChI=1S/C25H33ClN2O3/c1-24-6-3-7-25(16-30-25)22(24)13-19-20(23(29)31-21(19)14-24)15-27-8-10-28(11-9-27)18-5-2-4-17(26)12-18/h2,4-5,12,19-22H,3,6-11,13-16H2,1H3/t19-,20+,21+,22+,24+,25-/m0/s1. The van der Waals surface area contributed by atoms with Gasteiger partial charge in [-0.3, -0.25) is 9.69 Å². The summed E-state index contributed by atoms with van der Waals surface area (Å²) in [6.45, 7) is 8.06. The van der Waals surface area contributed by atoms with E-state index in [-0.39, 0.29) is 29.0 Å². The van der Waals surface area contributed by atoms with Crippen LogP contribution < -0.4 is 4.90 Å². The van der Waals surface area contributed by atoms with Crippen LogP contribution in [-0.4, -0.2) is 61.9 Å². The zero-order valence-corrected chi connectivity index (χ0v) is 19.2. The van der Waals surface area contributed by atoms with Gasteiger partial charge in [0.1, 0.15) is 6.10 Å². The maximum absolute atomic E-state index is 12.9. The smallest absolute Gasteiger partial charge is 0.310 e. The molecule has 0 unspecified atom stereocenters. The van der Waals surface area contributed by atoms with E-state index in [0.717, 1.165) is 57.2 Å². The number of ether oxygens (including phenoxy) is 2. The molecule has 6 rings (SSSR count). The molecule has 0 radical (unpaired) electrons. The number of piperazine rings is 1. The van der Waals surface area contributed by atoms with Crippen LogP contribution in [0.25, 0.3) is 0 Å². The van der Waals surface area contributed by atoms with Crippen LogP contribution in [0.1, 0.15) is 39.0 Å². The van der Waals surface area contributed by atoms with Crippen molar-refractivity contribution in [1.82, 2.24) is 4.90 Å². The fourth-order valence-corrected chi connectivity index (χ4v) is 7.49. The Morgan fingerprint density at radius 3 is 2.74 bits per heavy atom. The average Bonchev–Trinajstić information content (AvgIpc) is 3.45. The summed E-state index contributed by atoms with van der Waals surface area (Å²) in [5.74, 6) is 1.01. The highest BCUT2D eigenvalue weighted by Gasteiger charge is 2.65. The normalized spacial score (nSPS) is 42.3. The summed E-state index contributed by atoms with van der Waals surface area (Å²) < 4.78 is 12.0. The van der Waals surface area contributed by atoms with Crippen LogP contribution in [-0.2, 0) is 14.3 Å². The highest BCUT2D eigenvalue weighted by atomic mass is 35.5. The van der Waals surface area contributed by atoms with Crippen LogP contribution in [0.15, 0.2) is 24.3 Å². The number of anilines is 1. The molecule has 5 nitrogen and oxygen atoms in total. The van der Waals surface area contributed by atoms with Crippen molar-refractivity contribution in [3.05, 3.63) is 29.3 Å². The molecule has 0 N–H and O–H groups in total. The molecule has 31 heavy (non-hydrogen) atoms. The van der Waals surface area contributed by atoms with Crippen LogP contribution >= 0.6 is 11.6 Å². The zero-order chi connectivity index (χ0) is 21.2. The van der Waals surface area contributed by atoms with Gasteiger partial charge in [-0.15, -0.1) is 0 Å². The number of carbonyl (C=O) groups excluding carboxylic acids is 1. The first kappa shape index (κ1) is 20.3. The molecule has 0 bridgehead atoms. The second-order valence-electron chi connectivity index (χ2n) is 10.9. The van der Waals surface area contributed by atoms with Gasteiger partial charge in [-0.05, 0) is 61.6 Å². The number of carbonyl (C=O) groups is 1. The number of hydrogen-bond donors (Lipinski definition) is 0. The number of esters is 1. The lowest BCUT2D eigenvalue weighted by atomic mass is 9.53. The van der Waals surface area contributed by atoms with Crippen LogP contribution in [0.5, 0.6) is 0 Å². The Balaban J connectivity index is 1.12. The third-order valence-electron chi connectivity index (χ3n) is 9.08. The maximum atomic E-state index is 12.9. The van der Waals surface area contributed by atoms with Crippen LogP contribution in [0, 0.1) is 23.2 Å². The third kappa shape index (κ3) is 3.48. The summed E-state index contributed by atoms with van der Waals surface area (Å²) in [7, 11) is 0. The van der Waals surface area contributed by atoms with Crippen molar-refractivity contribution < 1.29 is 14.3 Å². The summed E-state index contributed by atoms with van der Waals surface area (Å²) in [5, 5.41) is 0.782. The van der Waals surface area contributed by atoms with Gasteiger partial charge < -0.3 is 14.4 Å². The van der Waals surface area contributed by atoms with Crippen molar-refractivity contribution in [2.45, 2.75) is 50.7 Å². The largest absolute Gasteiger partial charge is 0.462 e. The molecule has 6 heteroatoms. The first-order valence-corrected chi connectivity index (χ1v) is 12.4. The number of benzene rings is 1. The third-order valence-corrected chi connectivity index (χ3v) is 9.31. The van der Waals surface area contributed by atoms with Crippen molar-refractivity contribution in [1.29, 1.82) is 0 Å². The molecule has 3 saturated heterocycles. The molecule has 5 fully saturated rings. The molecule has 1 aromatic carbocycles. The Bertz CT molecular complexity index is 866. The molecule has 2 aliphatic carbocycles. The first-order valence-electron chi connectivity index (χ1n) is 12.0. The quantitative estimate of drug-likeness (QED) is 0.521. The summed E-state index contributed by atoms with van der Waals surface area (Å²) in [5.41, 5.74) is 1.58. The van der Waals surface area contributed by atoms with E-state index in [0.29, 0.717) is 11.8 Å². The lowest BCUT2D eigenvalue weighted by molar-refractivity contribution is -0.147. The summed E-state index contributed by atoms with van der Waals surface area (Å²) in [6.07, 6.45) is 5.94. The van der Waals surface area contributed by atoms with Gasteiger partial charge in [0.2, 0.25) is 0 Å². The van der Waals surface area contributed by atoms with Gasteiger partial charge >= 0.3 is 5.97 Å². The molecule has 6 atom stereocenters.